The topological polar surface area (TPSA) is 51.6 Å². The molecule has 29 heavy (non-hydrogen) atoms. The fourth-order valence-corrected chi connectivity index (χ4v) is 3.07. The molecule has 0 unspecified atom stereocenters. The molecule has 4 heteroatoms. The molecule has 0 saturated heterocycles. The first kappa shape index (κ1) is 20.9. The summed E-state index contributed by atoms with van der Waals surface area (Å²) in [6.45, 7) is 9.15. The van der Waals surface area contributed by atoms with E-state index in [1.54, 1.807) is 0 Å². The Morgan fingerprint density at radius 3 is 2.38 bits per heavy atom. The molecule has 3 rings (SSSR count). The van der Waals surface area contributed by atoms with Crippen LogP contribution in [0, 0.1) is 6.92 Å². The molecule has 2 aromatic carbocycles. The number of nitrogens with zero attached hydrogens (tertiary/aromatic N) is 1. The number of aliphatic hydroxyl groups excluding tert-OH is 1. The lowest BCUT2D eigenvalue weighted by Crippen LogP contribution is -2.12. The molecule has 0 aliphatic heterocycles. The van der Waals surface area contributed by atoms with Gasteiger partial charge in [-0.2, -0.15) is 0 Å². The van der Waals surface area contributed by atoms with Gasteiger partial charge in [0.05, 0.1) is 12.3 Å². The molecule has 0 fully saturated rings. The molecule has 0 radical (unpaired) electrons. The molecule has 1 aromatic heterocycles. The summed E-state index contributed by atoms with van der Waals surface area (Å²) >= 11 is 0. The lowest BCUT2D eigenvalue weighted by atomic mass is 9.86. The van der Waals surface area contributed by atoms with Gasteiger partial charge in [0.2, 0.25) is 0 Å². The maximum atomic E-state index is 9.22. The van der Waals surface area contributed by atoms with Gasteiger partial charge in [-0.25, -0.2) is 0 Å². The minimum Gasteiger partial charge on any atom is -0.490 e. The number of aliphatic hydroxyl groups is 1. The van der Waals surface area contributed by atoms with Crippen LogP contribution in [0.1, 0.15) is 37.6 Å². The summed E-state index contributed by atoms with van der Waals surface area (Å²) in [5, 5.41) is 9.22. The van der Waals surface area contributed by atoms with Crippen LogP contribution in [0.25, 0.3) is 11.3 Å². The zero-order chi connectivity index (χ0) is 20.9. The van der Waals surface area contributed by atoms with Crippen molar-refractivity contribution in [2.75, 3.05) is 13.2 Å². The average Bonchev–Trinajstić information content (AvgIpc) is 2.70. The number of aryl methyl sites for hydroxylation is 1. The summed E-state index contributed by atoms with van der Waals surface area (Å²) in [5.41, 5.74) is 4.84. The summed E-state index contributed by atoms with van der Waals surface area (Å²) in [7, 11) is 0. The van der Waals surface area contributed by atoms with E-state index in [-0.39, 0.29) is 18.6 Å². The van der Waals surface area contributed by atoms with E-state index in [0.29, 0.717) is 6.61 Å². The number of hydrogen-bond donors (Lipinski definition) is 1. The van der Waals surface area contributed by atoms with Crippen LogP contribution in [0.4, 0.5) is 0 Å². The number of ether oxygens (including phenoxy) is 2. The molecule has 0 aliphatic carbocycles. The van der Waals surface area contributed by atoms with Crippen molar-refractivity contribution in [2.24, 2.45) is 0 Å². The number of hydrogen-bond acceptors (Lipinski definition) is 4. The first-order chi connectivity index (χ1) is 13.9. The third-order valence-electron chi connectivity index (χ3n) is 4.65. The van der Waals surface area contributed by atoms with Crippen molar-refractivity contribution in [1.82, 2.24) is 4.98 Å². The molecule has 1 heterocycles. The predicted molar refractivity (Wildman–Crippen MR) is 116 cm³/mol. The zero-order valence-corrected chi connectivity index (χ0v) is 17.6. The van der Waals surface area contributed by atoms with Crippen LogP contribution in [0.3, 0.4) is 0 Å². The summed E-state index contributed by atoms with van der Waals surface area (Å²) in [6.07, 6.45) is 0. The molecule has 0 bridgehead atoms. The molecule has 0 atom stereocenters. The summed E-state index contributed by atoms with van der Waals surface area (Å²) in [5.74, 6) is 1.49. The van der Waals surface area contributed by atoms with Crippen LogP contribution >= 0.6 is 0 Å². The molecular weight excluding hydrogens is 362 g/mol. The van der Waals surface area contributed by atoms with Crippen molar-refractivity contribution in [3.8, 4) is 22.8 Å². The van der Waals surface area contributed by atoms with Gasteiger partial charge in [-0.1, -0.05) is 57.2 Å². The monoisotopic (exact) mass is 391 g/mol. The van der Waals surface area contributed by atoms with Crippen molar-refractivity contribution >= 4 is 0 Å². The molecule has 152 valence electrons. The van der Waals surface area contributed by atoms with Gasteiger partial charge in [-0.3, -0.25) is 4.98 Å². The largest absolute Gasteiger partial charge is 0.490 e. The lowest BCUT2D eigenvalue weighted by molar-refractivity contribution is 0.201. The van der Waals surface area contributed by atoms with Crippen LogP contribution in [0.5, 0.6) is 11.5 Å². The second kappa shape index (κ2) is 9.10. The van der Waals surface area contributed by atoms with Crippen molar-refractivity contribution in [2.45, 2.75) is 39.7 Å². The van der Waals surface area contributed by atoms with Gasteiger partial charge in [-0.15, -0.1) is 0 Å². The molecule has 1 N–H and O–H groups in total. The average molecular weight is 392 g/mol. The lowest BCUT2D eigenvalue weighted by Gasteiger charge is -2.21. The third kappa shape index (κ3) is 5.58. The van der Waals surface area contributed by atoms with Crippen LogP contribution in [0.2, 0.25) is 0 Å². The minimum atomic E-state index is -0.0358. The Hall–Kier alpha value is -2.85. The van der Waals surface area contributed by atoms with Gasteiger partial charge in [0.1, 0.15) is 24.7 Å². The quantitative estimate of drug-likeness (QED) is 0.593. The molecule has 0 saturated carbocycles. The molecule has 0 aliphatic rings. The maximum Gasteiger partial charge on any atom is 0.129 e. The van der Waals surface area contributed by atoms with E-state index in [0.717, 1.165) is 34.0 Å². The molecule has 3 aromatic rings. The summed E-state index contributed by atoms with van der Waals surface area (Å²) < 4.78 is 11.9. The van der Waals surface area contributed by atoms with Crippen molar-refractivity contribution in [3.63, 3.8) is 0 Å². The number of pyridine rings is 1. The smallest absolute Gasteiger partial charge is 0.129 e. The Labute approximate surface area is 173 Å². The van der Waals surface area contributed by atoms with Crippen molar-refractivity contribution in [3.05, 3.63) is 77.5 Å². The summed E-state index contributed by atoms with van der Waals surface area (Å²) in [6, 6.07) is 20.1. The number of rotatable bonds is 7. The second-order valence-corrected chi connectivity index (χ2v) is 8.14. The maximum absolute atomic E-state index is 9.22. The Morgan fingerprint density at radius 1 is 0.931 bits per heavy atom. The Balaban J connectivity index is 1.93. The highest BCUT2D eigenvalue weighted by Gasteiger charge is 2.18. The molecular formula is C25H29NO3. The van der Waals surface area contributed by atoms with Gasteiger partial charge in [-0.05, 0) is 35.6 Å². The Morgan fingerprint density at radius 2 is 1.69 bits per heavy atom. The number of aromatic nitrogens is 1. The first-order valence-corrected chi connectivity index (χ1v) is 9.91. The van der Waals surface area contributed by atoms with Gasteiger partial charge >= 0.3 is 0 Å². The van der Waals surface area contributed by atoms with Gasteiger partial charge in [0.25, 0.3) is 0 Å². The van der Waals surface area contributed by atoms with Crippen LogP contribution in [-0.2, 0) is 12.0 Å². The predicted octanol–water partition coefficient (Wildman–Crippen LogP) is 5.30. The van der Waals surface area contributed by atoms with E-state index >= 15 is 0 Å². The SMILES string of the molecule is Cc1cc(OCc2ccccc2)cc(-c2ccc(C(C)(C)C)cc2OCCO)n1. The molecule has 0 spiro atoms. The van der Waals surface area contributed by atoms with E-state index < -0.39 is 0 Å². The van der Waals surface area contributed by atoms with E-state index in [2.05, 4.69) is 26.8 Å². The summed E-state index contributed by atoms with van der Waals surface area (Å²) in [4.78, 5) is 4.70. The van der Waals surface area contributed by atoms with Gasteiger partial charge in [0, 0.05) is 23.4 Å². The third-order valence-corrected chi connectivity index (χ3v) is 4.65. The van der Waals surface area contributed by atoms with E-state index in [1.165, 1.54) is 5.56 Å². The highest BCUT2D eigenvalue weighted by molar-refractivity contribution is 5.69. The minimum absolute atomic E-state index is 0.000156. The highest BCUT2D eigenvalue weighted by Crippen LogP contribution is 2.35. The van der Waals surface area contributed by atoms with E-state index in [4.69, 9.17) is 14.5 Å². The second-order valence-electron chi connectivity index (χ2n) is 8.14. The van der Waals surface area contributed by atoms with Gasteiger partial charge < -0.3 is 14.6 Å². The molecule has 4 nitrogen and oxygen atoms in total. The standard InChI is InChI=1S/C25H29NO3/c1-18-14-21(29-17-19-8-6-5-7-9-19)16-23(26-18)22-11-10-20(25(2,3)4)15-24(22)28-13-12-27/h5-11,14-16,27H,12-13,17H2,1-4H3. The normalized spacial score (nSPS) is 11.3. The Bertz CT molecular complexity index is 946. The van der Waals surface area contributed by atoms with E-state index in [9.17, 15) is 5.11 Å². The Kier molecular flexibility index (Phi) is 6.55. The van der Waals surface area contributed by atoms with Crippen LogP contribution in [-0.4, -0.2) is 23.3 Å². The van der Waals surface area contributed by atoms with E-state index in [1.807, 2.05) is 61.5 Å². The highest BCUT2D eigenvalue weighted by atomic mass is 16.5. The number of benzene rings is 2. The van der Waals surface area contributed by atoms with Crippen LogP contribution < -0.4 is 9.47 Å². The fourth-order valence-electron chi connectivity index (χ4n) is 3.07. The van der Waals surface area contributed by atoms with Gasteiger partial charge in [0.15, 0.2) is 0 Å². The van der Waals surface area contributed by atoms with Crippen molar-refractivity contribution < 1.29 is 14.6 Å². The van der Waals surface area contributed by atoms with Crippen molar-refractivity contribution in [1.29, 1.82) is 0 Å². The fraction of sp³-hybridized carbons (Fsp3) is 0.320. The first-order valence-electron chi connectivity index (χ1n) is 9.91. The zero-order valence-electron chi connectivity index (χ0n) is 17.6. The van der Waals surface area contributed by atoms with Crippen LogP contribution in [0.15, 0.2) is 60.7 Å². The molecule has 0 amide bonds.